The van der Waals surface area contributed by atoms with E-state index in [1.807, 2.05) is 42.5 Å². The van der Waals surface area contributed by atoms with E-state index in [4.69, 9.17) is 10.00 Å². The first kappa shape index (κ1) is 13.0. The molecule has 0 unspecified atom stereocenters. The molecular weight excluding hydrogens is 310 g/mol. The molecule has 0 saturated carbocycles. The molecule has 0 fully saturated rings. The molecule has 0 spiro atoms. The van der Waals surface area contributed by atoms with Crippen LogP contribution in [0.1, 0.15) is 5.56 Å². The molecule has 2 nitrogen and oxygen atoms in total. The van der Waals surface area contributed by atoms with E-state index in [1.165, 1.54) is 0 Å². The summed E-state index contributed by atoms with van der Waals surface area (Å²) >= 11 is 4.97. The Kier molecular flexibility index (Phi) is 4.29. The minimum atomic E-state index is 0.672. The van der Waals surface area contributed by atoms with E-state index >= 15 is 0 Å². The molecule has 0 amide bonds. The van der Waals surface area contributed by atoms with Gasteiger partial charge in [-0.3, -0.25) is 0 Å². The van der Waals surface area contributed by atoms with Crippen molar-refractivity contribution in [3.8, 4) is 11.8 Å². The van der Waals surface area contributed by atoms with Crippen molar-refractivity contribution in [1.29, 1.82) is 5.26 Å². The molecule has 0 aliphatic rings. The number of ether oxygens (including phenoxy) is 1. The summed E-state index contributed by atoms with van der Waals surface area (Å²) in [6, 6.07) is 15.6. The van der Waals surface area contributed by atoms with E-state index < -0.39 is 0 Å². The number of hydrogen-bond donors (Lipinski definition) is 0. The maximum atomic E-state index is 9.08. The number of methoxy groups -OCH3 is 1. The maximum Gasteiger partial charge on any atom is 0.119 e. The van der Waals surface area contributed by atoms with Crippen LogP contribution in [0, 0.1) is 11.3 Å². The fourth-order valence-corrected chi connectivity index (χ4v) is 2.96. The third-order valence-corrected chi connectivity index (χ3v) is 3.87. The number of nitrogens with zero attached hydrogens (tertiary/aromatic N) is 1. The lowest BCUT2D eigenvalue weighted by Gasteiger charge is -2.06. The normalized spacial score (nSPS) is 9.83. The van der Waals surface area contributed by atoms with E-state index in [9.17, 15) is 0 Å². The molecule has 0 aromatic heterocycles. The summed E-state index contributed by atoms with van der Waals surface area (Å²) in [5.74, 6) is 0.813. The summed E-state index contributed by atoms with van der Waals surface area (Å²) in [5.41, 5.74) is 0.672. The second-order valence-electron chi connectivity index (χ2n) is 3.53. The van der Waals surface area contributed by atoms with Crippen LogP contribution in [-0.2, 0) is 0 Å². The van der Waals surface area contributed by atoms with Crippen molar-refractivity contribution in [2.45, 2.75) is 9.79 Å². The minimum absolute atomic E-state index is 0.672. The summed E-state index contributed by atoms with van der Waals surface area (Å²) < 4.78 is 6.15. The smallest absolute Gasteiger partial charge is 0.119 e. The van der Waals surface area contributed by atoms with Gasteiger partial charge in [-0.25, -0.2) is 0 Å². The topological polar surface area (TPSA) is 33.0 Å². The van der Waals surface area contributed by atoms with Crippen LogP contribution in [0.25, 0.3) is 0 Å². The zero-order valence-electron chi connectivity index (χ0n) is 9.68. The zero-order valence-corrected chi connectivity index (χ0v) is 12.1. The highest BCUT2D eigenvalue weighted by atomic mass is 79.9. The summed E-state index contributed by atoms with van der Waals surface area (Å²) in [4.78, 5) is 1.98. The Morgan fingerprint density at radius 1 is 1.22 bits per heavy atom. The fourth-order valence-electron chi connectivity index (χ4n) is 1.46. The second-order valence-corrected chi connectivity index (χ2v) is 5.56. The van der Waals surface area contributed by atoms with Gasteiger partial charge in [-0.2, -0.15) is 5.26 Å². The molecule has 0 bridgehead atoms. The highest BCUT2D eigenvalue weighted by Crippen LogP contribution is 2.33. The standard InChI is InChI=1S/C14H10BrNOS/c1-17-12-3-2-4-13(8-12)18-14-7-11(15)6-5-10(14)9-16/h2-8H,1H3. The molecule has 0 aliphatic heterocycles. The lowest BCUT2D eigenvalue weighted by atomic mass is 10.2. The first-order chi connectivity index (χ1) is 8.72. The van der Waals surface area contributed by atoms with Crippen LogP contribution >= 0.6 is 27.7 Å². The molecule has 4 heteroatoms. The average Bonchev–Trinajstić information content (AvgIpc) is 2.39. The number of benzene rings is 2. The van der Waals surface area contributed by atoms with E-state index in [1.54, 1.807) is 18.9 Å². The number of rotatable bonds is 3. The number of hydrogen-bond acceptors (Lipinski definition) is 3. The molecule has 0 saturated heterocycles. The highest BCUT2D eigenvalue weighted by Gasteiger charge is 2.05. The molecule has 2 aromatic carbocycles. The van der Waals surface area contributed by atoms with Crippen molar-refractivity contribution in [2.75, 3.05) is 7.11 Å². The van der Waals surface area contributed by atoms with Gasteiger partial charge in [0.15, 0.2) is 0 Å². The maximum absolute atomic E-state index is 9.08. The highest BCUT2D eigenvalue weighted by molar-refractivity contribution is 9.10. The van der Waals surface area contributed by atoms with E-state index in [-0.39, 0.29) is 0 Å². The summed E-state index contributed by atoms with van der Waals surface area (Å²) in [7, 11) is 1.64. The molecular formula is C14H10BrNOS. The Bertz CT molecular complexity index is 607. The summed E-state index contributed by atoms with van der Waals surface area (Å²) in [5, 5.41) is 9.08. The van der Waals surface area contributed by atoms with Gasteiger partial charge >= 0.3 is 0 Å². The molecule has 0 aliphatic carbocycles. The predicted molar refractivity (Wildman–Crippen MR) is 76.0 cm³/mol. The van der Waals surface area contributed by atoms with Crippen LogP contribution in [0.5, 0.6) is 5.75 Å². The first-order valence-corrected chi connectivity index (χ1v) is 6.85. The van der Waals surface area contributed by atoms with Crippen molar-refractivity contribution < 1.29 is 4.74 Å². The van der Waals surface area contributed by atoms with E-state index in [2.05, 4.69) is 22.0 Å². The Morgan fingerprint density at radius 3 is 2.78 bits per heavy atom. The van der Waals surface area contributed by atoms with Crippen molar-refractivity contribution in [1.82, 2.24) is 0 Å². The fraction of sp³-hybridized carbons (Fsp3) is 0.0714. The Morgan fingerprint density at radius 2 is 2.06 bits per heavy atom. The Labute approximate surface area is 119 Å². The Balaban J connectivity index is 2.33. The lowest BCUT2D eigenvalue weighted by Crippen LogP contribution is -1.84. The summed E-state index contributed by atoms with van der Waals surface area (Å²) in [6.07, 6.45) is 0. The molecule has 0 N–H and O–H groups in total. The third kappa shape index (κ3) is 3.06. The van der Waals surface area contributed by atoms with Crippen molar-refractivity contribution in [3.05, 3.63) is 52.5 Å². The van der Waals surface area contributed by atoms with Crippen molar-refractivity contribution in [2.24, 2.45) is 0 Å². The van der Waals surface area contributed by atoms with Crippen LogP contribution in [0.15, 0.2) is 56.7 Å². The number of nitriles is 1. The van der Waals surface area contributed by atoms with Gasteiger partial charge < -0.3 is 4.74 Å². The van der Waals surface area contributed by atoms with Gasteiger partial charge in [-0.05, 0) is 36.4 Å². The second kappa shape index (κ2) is 5.94. The third-order valence-electron chi connectivity index (χ3n) is 2.33. The van der Waals surface area contributed by atoms with Gasteiger partial charge in [0.1, 0.15) is 11.8 Å². The SMILES string of the molecule is COc1cccc(Sc2cc(Br)ccc2C#N)c1. The average molecular weight is 320 g/mol. The van der Waals surface area contributed by atoms with Gasteiger partial charge in [-0.15, -0.1) is 0 Å². The van der Waals surface area contributed by atoms with Crippen LogP contribution < -0.4 is 4.74 Å². The summed E-state index contributed by atoms with van der Waals surface area (Å²) in [6.45, 7) is 0. The van der Waals surface area contributed by atoms with Gasteiger partial charge in [0, 0.05) is 14.3 Å². The number of halogens is 1. The van der Waals surface area contributed by atoms with Crippen LogP contribution in [-0.4, -0.2) is 7.11 Å². The monoisotopic (exact) mass is 319 g/mol. The Hall–Kier alpha value is -1.44. The largest absolute Gasteiger partial charge is 0.497 e. The molecule has 2 aromatic rings. The van der Waals surface area contributed by atoms with Gasteiger partial charge in [0.05, 0.1) is 12.7 Å². The molecule has 0 atom stereocenters. The molecule has 18 heavy (non-hydrogen) atoms. The molecule has 0 heterocycles. The van der Waals surface area contributed by atoms with E-state index in [0.717, 1.165) is 20.0 Å². The van der Waals surface area contributed by atoms with Crippen LogP contribution in [0.2, 0.25) is 0 Å². The molecule has 2 rings (SSSR count). The lowest BCUT2D eigenvalue weighted by molar-refractivity contribution is 0.413. The zero-order chi connectivity index (χ0) is 13.0. The quantitative estimate of drug-likeness (QED) is 0.836. The molecule has 90 valence electrons. The predicted octanol–water partition coefficient (Wildman–Crippen LogP) is 4.48. The van der Waals surface area contributed by atoms with Gasteiger partial charge in [0.2, 0.25) is 0 Å². The van der Waals surface area contributed by atoms with E-state index in [0.29, 0.717) is 5.56 Å². The first-order valence-electron chi connectivity index (χ1n) is 5.24. The van der Waals surface area contributed by atoms with Crippen LogP contribution in [0.4, 0.5) is 0 Å². The minimum Gasteiger partial charge on any atom is -0.497 e. The van der Waals surface area contributed by atoms with Crippen molar-refractivity contribution >= 4 is 27.7 Å². The van der Waals surface area contributed by atoms with Gasteiger partial charge in [-0.1, -0.05) is 33.8 Å². The van der Waals surface area contributed by atoms with Crippen LogP contribution in [0.3, 0.4) is 0 Å². The molecule has 0 radical (unpaired) electrons. The van der Waals surface area contributed by atoms with Gasteiger partial charge in [0.25, 0.3) is 0 Å². The van der Waals surface area contributed by atoms with Crippen molar-refractivity contribution in [3.63, 3.8) is 0 Å².